The highest BCUT2D eigenvalue weighted by atomic mass is 19.4. The Bertz CT molecular complexity index is 965. The van der Waals surface area contributed by atoms with Crippen LogP contribution in [0.1, 0.15) is 39.4 Å². The third kappa shape index (κ3) is 3.55. The molecule has 0 aliphatic carbocycles. The van der Waals surface area contributed by atoms with E-state index in [0.29, 0.717) is 36.7 Å². The zero-order valence-corrected chi connectivity index (χ0v) is 14.0. The highest BCUT2D eigenvalue weighted by Gasteiger charge is 2.37. The number of carbonyl (C=O) groups is 1. The molecule has 3 aromatic rings. The molecule has 3 heterocycles. The van der Waals surface area contributed by atoms with Gasteiger partial charge in [-0.25, -0.2) is 4.98 Å². The molecule has 0 spiro atoms. The number of carbonyl (C=O) groups excluding carboxylic acids is 1. The molecule has 2 aromatic heterocycles. The van der Waals surface area contributed by atoms with Crippen molar-refractivity contribution in [3.8, 4) is 0 Å². The van der Waals surface area contributed by atoms with Gasteiger partial charge in [-0.15, -0.1) is 5.10 Å². The van der Waals surface area contributed by atoms with Crippen molar-refractivity contribution in [2.45, 2.75) is 25.6 Å². The number of halogens is 3. The van der Waals surface area contributed by atoms with Crippen LogP contribution in [-0.4, -0.2) is 37.5 Å². The van der Waals surface area contributed by atoms with Crippen molar-refractivity contribution in [3.63, 3.8) is 0 Å². The van der Waals surface area contributed by atoms with E-state index in [4.69, 9.17) is 4.42 Å². The largest absolute Gasteiger partial charge is 0.451 e. The van der Waals surface area contributed by atoms with E-state index in [9.17, 15) is 18.0 Å². The molecule has 4 rings (SSSR count). The maximum Gasteiger partial charge on any atom is 0.451 e. The number of hydrogen-bond acceptors (Lipinski definition) is 5. The number of aromatic amines is 1. The van der Waals surface area contributed by atoms with Gasteiger partial charge in [0.25, 0.3) is 5.91 Å². The van der Waals surface area contributed by atoms with Gasteiger partial charge >= 0.3 is 6.18 Å². The van der Waals surface area contributed by atoms with Crippen LogP contribution in [0.15, 0.2) is 34.7 Å². The zero-order valence-electron chi connectivity index (χ0n) is 14.0. The van der Waals surface area contributed by atoms with Gasteiger partial charge in [0.15, 0.2) is 5.89 Å². The van der Waals surface area contributed by atoms with Gasteiger partial charge in [0.1, 0.15) is 11.5 Å². The average Bonchev–Trinajstić information content (AvgIpc) is 3.28. The van der Waals surface area contributed by atoms with Crippen LogP contribution in [0.2, 0.25) is 0 Å². The second kappa shape index (κ2) is 6.53. The second-order valence-electron chi connectivity index (χ2n) is 6.12. The van der Waals surface area contributed by atoms with E-state index in [1.165, 1.54) is 4.90 Å². The quantitative estimate of drug-likeness (QED) is 0.758. The maximum atomic E-state index is 12.6. The number of hydrogen-bond donors (Lipinski definition) is 1. The lowest BCUT2D eigenvalue weighted by atomic mass is 10.1. The van der Waals surface area contributed by atoms with Crippen molar-refractivity contribution in [2.75, 3.05) is 6.54 Å². The molecule has 1 aliphatic rings. The molecule has 7 nitrogen and oxygen atoms in total. The first kappa shape index (κ1) is 17.3. The summed E-state index contributed by atoms with van der Waals surface area (Å²) in [5.41, 5.74) is 1.65. The van der Waals surface area contributed by atoms with E-state index < -0.39 is 23.7 Å². The fraction of sp³-hybridized carbons (Fsp3) is 0.294. The van der Waals surface area contributed by atoms with Gasteiger partial charge in [0.2, 0.25) is 11.6 Å². The summed E-state index contributed by atoms with van der Waals surface area (Å²) in [6.07, 6.45) is -3.73. The van der Waals surface area contributed by atoms with Crippen LogP contribution < -0.4 is 0 Å². The van der Waals surface area contributed by atoms with Crippen molar-refractivity contribution in [3.05, 3.63) is 64.9 Å². The summed E-state index contributed by atoms with van der Waals surface area (Å²) in [6, 6.07) is 9.68. The molecule has 1 amide bonds. The van der Waals surface area contributed by atoms with E-state index in [-0.39, 0.29) is 6.54 Å². The molecule has 0 radical (unpaired) electrons. The van der Waals surface area contributed by atoms with Crippen molar-refractivity contribution < 1.29 is 22.4 Å². The zero-order chi connectivity index (χ0) is 19.0. The Kier molecular flexibility index (Phi) is 4.17. The maximum absolute atomic E-state index is 12.6. The van der Waals surface area contributed by atoms with E-state index >= 15 is 0 Å². The fourth-order valence-corrected chi connectivity index (χ4v) is 2.90. The Labute approximate surface area is 151 Å². The van der Waals surface area contributed by atoms with E-state index in [1.807, 2.05) is 30.3 Å². The Morgan fingerprint density at radius 1 is 1.22 bits per heavy atom. The number of rotatable bonds is 3. The Balaban J connectivity index is 1.48. The molecule has 140 valence electrons. The molecule has 0 fully saturated rings. The van der Waals surface area contributed by atoms with Gasteiger partial charge in [-0.3, -0.25) is 9.89 Å². The summed E-state index contributed by atoms with van der Waals surface area (Å²) >= 11 is 0. The van der Waals surface area contributed by atoms with Crippen LogP contribution in [0.25, 0.3) is 0 Å². The molecule has 0 saturated heterocycles. The number of benzene rings is 1. The lowest BCUT2D eigenvalue weighted by Gasteiger charge is -2.23. The molecule has 1 aromatic carbocycles. The van der Waals surface area contributed by atoms with Gasteiger partial charge in [-0.2, -0.15) is 18.2 Å². The monoisotopic (exact) mass is 377 g/mol. The predicted molar refractivity (Wildman–Crippen MR) is 85.6 cm³/mol. The molecule has 0 atom stereocenters. The first-order chi connectivity index (χ1) is 12.9. The number of alkyl halides is 3. The summed E-state index contributed by atoms with van der Waals surface area (Å²) in [5, 5.41) is 5.13. The van der Waals surface area contributed by atoms with Crippen LogP contribution in [0.3, 0.4) is 0 Å². The topological polar surface area (TPSA) is 87.9 Å². The summed E-state index contributed by atoms with van der Waals surface area (Å²) in [4.78, 5) is 21.4. The number of nitrogens with zero attached hydrogens (tertiary/aromatic N) is 4. The number of H-pyrrole nitrogens is 1. The summed E-state index contributed by atoms with van der Waals surface area (Å²) < 4.78 is 43.6. The molecule has 1 aliphatic heterocycles. The van der Waals surface area contributed by atoms with Gasteiger partial charge < -0.3 is 9.32 Å². The first-order valence-corrected chi connectivity index (χ1v) is 8.20. The third-order valence-corrected chi connectivity index (χ3v) is 4.20. The number of fused-ring (bicyclic) bond motifs is 1. The Hall–Kier alpha value is -3.17. The first-order valence-electron chi connectivity index (χ1n) is 8.20. The lowest BCUT2D eigenvalue weighted by molar-refractivity contribution is -0.144. The van der Waals surface area contributed by atoms with E-state index in [1.54, 1.807) is 5.10 Å². The van der Waals surface area contributed by atoms with Gasteiger partial charge in [-0.05, 0) is 5.56 Å². The predicted octanol–water partition coefficient (Wildman–Crippen LogP) is 2.60. The summed E-state index contributed by atoms with van der Waals surface area (Å²) in [7, 11) is 0. The lowest BCUT2D eigenvalue weighted by Crippen LogP contribution is -2.36. The van der Waals surface area contributed by atoms with Crippen LogP contribution >= 0.6 is 0 Å². The number of amides is 1. The summed E-state index contributed by atoms with van der Waals surface area (Å²) in [6.45, 7) is 0.435. The molecule has 27 heavy (non-hydrogen) atoms. The van der Waals surface area contributed by atoms with Crippen LogP contribution in [0, 0.1) is 0 Å². The summed E-state index contributed by atoms with van der Waals surface area (Å²) in [5.74, 6) is -1.26. The molecule has 0 unspecified atom stereocenters. The normalized spacial score (nSPS) is 14.3. The van der Waals surface area contributed by atoms with E-state index in [0.717, 1.165) is 5.56 Å². The highest BCUT2D eigenvalue weighted by molar-refractivity contribution is 5.90. The van der Waals surface area contributed by atoms with Crippen molar-refractivity contribution in [2.24, 2.45) is 0 Å². The van der Waals surface area contributed by atoms with Crippen molar-refractivity contribution in [1.29, 1.82) is 0 Å². The number of aromatic nitrogens is 4. The highest BCUT2D eigenvalue weighted by Crippen LogP contribution is 2.26. The molecular formula is C17H14F3N5O2. The number of nitrogens with one attached hydrogen (secondary N) is 1. The van der Waals surface area contributed by atoms with Gasteiger partial charge in [0.05, 0.1) is 6.54 Å². The smallest absolute Gasteiger partial charge is 0.445 e. The van der Waals surface area contributed by atoms with Crippen LogP contribution in [0.4, 0.5) is 13.2 Å². The van der Waals surface area contributed by atoms with Crippen molar-refractivity contribution in [1.82, 2.24) is 25.1 Å². The molecule has 10 heteroatoms. The van der Waals surface area contributed by atoms with Crippen LogP contribution in [0.5, 0.6) is 0 Å². The van der Waals surface area contributed by atoms with Crippen LogP contribution in [-0.2, 0) is 25.6 Å². The third-order valence-electron chi connectivity index (χ3n) is 4.20. The molecular weight excluding hydrogens is 363 g/mol. The Morgan fingerprint density at radius 3 is 2.70 bits per heavy atom. The minimum Gasteiger partial charge on any atom is -0.445 e. The minimum absolute atomic E-state index is 0.141. The van der Waals surface area contributed by atoms with E-state index in [2.05, 4.69) is 15.1 Å². The fourth-order valence-electron chi connectivity index (χ4n) is 2.90. The standard InChI is InChI=1S/C17H14F3N5O2/c18-17(19,20)16-22-14(23-24-16)15(26)25-7-6-12-11(9-25)21-13(27-12)8-10-4-2-1-3-5-10/h1-5H,6-9H2,(H,22,23,24). The minimum atomic E-state index is -4.68. The molecule has 0 bridgehead atoms. The molecule has 1 N–H and O–H groups in total. The Morgan fingerprint density at radius 2 is 2.00 bits per heavy atom. The molecule has 0 saturated carbocycles. The van der Waals surface area contributed by atoms with Gasteiger partial charge in [0, 0.05) is 19.4 Å². The SMILES string of the molecule is O=C(c1n[nH]c(C(F)(F)F)n1)N1CCc2oc(Cc3ccccc3)nc2C1. The average molecular weight is 377 g/mol. The number of oxazole rings is 1. The van der Waals surface area contributed by atoms with Gasteiger partial charge in [-0.1, -0.05) is 30.3 Å². The van der Waals surface area contributed by atoms with Crippen molar-refractivity contribution >= 4 is 5.91 Å². The second-order valence-corrected chi connectivity index (χ2v) is 6.12.